The first kappa shape index (κ1) is 17.5. The molecule has 2 rings (SSSR count). The van der Waals surface area contributed by atoms with E-state index in [1.54, 1.807) is 0 Å². The van der Waals surface area contributed by atoms with Crippen LogP contribution in [0.3, 0.4) is 0 Å². The average Bonchev–Trinajstić information content (AvgIpc) is 2.43. The quantitative estimate of drug-likeness (QED) is 0.438. The maximum absolute atomic E-state index is 13.9. The van der Waals surface area contributed by atoms with Gasteiger partial charge in [-0.1, -0.05) is 13.1 Å². The van der Waals surface area contributed by atoms with Crippen LogP contribution in [0.4, 0.5) is 35.1 Å². The van der Waals surface area contributed by atoms with Gasteiger partial charge in [-0.2, -0.15) is 0 Å². The number of rotatable bonds is 2. The number of hydrogen-bond donors (Lipinski definition) is 0. The van der Waals surface area contributed by atoms with Gasteiger partial charge in [0.25, 0.3) is 0 Å². The summed E-state index contributed by atoms with van der Waals surface area (Å²) in [7, 11) is -4.22. The molecule has 0 aliphatic rings. The fraction of sp³-hybridized carbons (Fsp3) is 0.143. The fourth-order valence-corrected chi connectivity index (χ4v) is 5.29. The topological polar surface area (TPSA) is 0 Å². The van der Waals surface area contributed by atoms with E-state index in [1.807, 2.05) is 0 Å². The van der Waals surface area contributed by atoms with Crippen LogP contribution in [0.5, 0.6) is 0 Å². The van der Waals surface area contributed by atoms with Gasteiger partial charge in [0, 0.05) is 22.5 Å². The molecule has 0 saturated heterocycles. The van der Waals surface area contributed by atoms with Gasteiger partial charge in [0.2, 0.25) is 0 Å². The first-order valence-corrected chi connectivity index (χ1v) is 9.17. The van der Waals surface area contributed by atoms with Crippen molar-refractivity contribution in [2.24, 2.45) is 0 Å². The van der Waals surface area contributed by atoms with E-state index in [9.17, 15) is 35.1 Å². The highest BCUT2D eigenvalue weighted by Gasteiger charge is 2.41. The van der Waals surface area contributed by atoms with E-state index >= 15 is 0 Å². The van der Waals surface area contributed by atoms with E-state index in [0.29, 0.717) is 0 Å². The van der Waals surface area contributed by atoms with Crippen molar-refractivity contribution in [1.82, 2.24) is 0 Å². The van der Waals surface area contributed by atoms with Gasteiger partial charge in [0.05, 0.1) is 0 Å². The lowest BCUT2D eigenvalue weighted by atomic mass is 10.3. The molecule has 0 aliphatic heterocycles. The maximum atomic E-state index is 13.9. The molecule has 0 saturated carbocycles. The van der Waals surface area contributed by atoms with Crippen LogP contribution in [0.25, 0.3) is 0 Å². The highest BCUT2D eigenvalue weighted by atomic mass is 28.3. The maximum Gasteiger partial charge on any atom is 0.161 e. The fourth-order valence-electron chi connectivity index (χ4n) is 2.37. The van der Waals surface area contributed by atoms with E-state index in [4.69, 9.17) is 0 Å². The monoisotopic (exact) mass is 356 g/mol. The molecular weight excluding hydrogens is 348 g/mol. The lowest BCUT2D eigenvalue weighted by Gasteiger charge is -2.26. The van der Waals surface area contributed by atoms with Crippen LogP contribution in [0.1, 0.15) is 0 Å². The average molecular weight is 356 g/mol. The predicted octanol–water partition coefficient (Wildman–Crippen LogP) is 3.62. The van der Waals surface area contributed by atoms with Gasteiger partial charge in [-0.15, -0.1) is 0 Å². The number of benzene rings is 2. The molecule has 0 atom stereocenters. The summed E-state index contributed by atoms with van der Waals surface area (Å²) in [5.74, 6) is -14.6. The van der Waals surface area contributed by atoms with Crippen LogP contribution in [0, 0.1) is 46.5 Å². The minimum atomic E-state index is -4.22. The molecule has 0 spiro atoms. The number of halogens is 8. The van der Waals surface area contributed by atoms with Crippen molar-refractivity contribution < 1.29 is 35.1 Å². The highest BCUT2D eigenvalue weighted by Crippen LogP contribution is 2.20. The third kappa shape index (κ3) is 2.62. The van der Waals surface area contributed by atoms with E-state index in [-0.39, 0.29) is 12.1 Å². The second-order valence-electron chi connectivity index (χ2n) is 5.31. The summed E-state index contributed by atoms with van der Waals surface area (Å²) in [6.07, 6.45) is 0. The molecule has 0 bridgehead atoms. The van der Waals surface area contributed by atoms with Gasteiger partial charge in [-0.3, -0.25) is 0 Å². The molecule has 2 aromatic rings. The van der Waals surface area contributed by atoms with E-state index in [1.165, 1.54) is 0 Å². The van der Waals surface area contributed by atoms with Gasteiger partial charge >= 0.3 is 0 Å². The first-order valence-electron chi connectivity index (χ1n) is 6.17. The molecule has 2 aromatic carbocycles. The molecule has 0 aliphatic carbocycles. The summed E-state index contributed by atoms with van der Waals surface area (Å²) >= 11 is 0. The van der Waals surface area contributed by atoms with Crippen molar-refractivity contribution in [1.29, 1.82) is 0 Å². The normalized spacial score (nSPS) is 11.9. The molecule has 0 fully saturated rings. The molecule has 0 amide bonds. The van der Waals surface area contributed by atoms with Crippen molar-refractivity contribution in [3.63, 3.8) is 0 Å². The Morgan fingerprint density at radius 3 is 0.957 bits per heavy atom. The van der Waals surface area contributed by atoms with Crippen LogP contribution >= 0.6 is 0 Å². The standard InChI is InChI=1S/C14H8F8Si/c1-23(2,13-9(19)5(15)3-6(16)10(13)20)14-11(21)7(17)4-8(18)12(14)22/h3-4H,1-2H3. The van der Waals surface area contributed by atoms with Crippen molar-refractivity contribution >= 4 is 18.4 Å². The zero-order valence-corrected chi connectivity index (χ0v) is 12.7. The molecular formula is C14H8F8Si. The van der Waals surface area contributed by atoms with Gasteiger partial charge < -0.3 is 0 Å². The third-order valence-corrected chi connectivity index (χ3v) is 6.85. The molecule has 0 unspecified atom stereocenters. The highest BCUT2D eigenvalue weighted by molar-refractivity contribution is 7.00. The Hall–Kier alpha value is -1.90. The van der Waals surface area contributed by atoms with E-state index in [2.05, 4.69) is 0 Å². The Balaban J connectivity index is 2.90. The van der Waals surface area contributed by atoms with Crippen LogP contribution in [0.15, 0.2) is 12.1 Å². The summed E-state index contributed by atoms with van der Waals surface area (Å²) in [4.78, 5) is 0. The summed E-state index contributed by atoms with van der Waals surface area (Å²) in [6.45, 7) is 1.82. The van der Waals surface area contributed by atoms with Crippen molar-refractivity contribution in [2.45, 2.75) is 13.1 Å². The van der Waals surface area contributed by atoms with Gasteiger partial charge in [-0.05, 0) is 0 Å². The summed E-state index contributed by atoms with van der Waals surface area (Å²) in [6, 6.07) is -0.144. The largest absolute Gasteiger partial charge is 0.204 e. The first-order chi connectivity index (χ1) is 10.5. The molecule has 9 heteroatoms. The molecule has 0 radical (unpaired) electrons. The predicted molar refractivity (Wildman–Crippen MR) is 69.3 cm³/mol. The van der Waals surface area contributed by atoms with Gasteiger partial charge in [-0.25, -0.2) is 35.1 Å². The van der Waals surface area contributed by atoms with E-state index < -0.39 is 65.0 Å². The summed E-state index contributed by atoms with van der Waals surface area (Å²) < 4.78 is 109. The van der Waals surface area contributed by atoms with Crippen LogP contribution in [0.2, 0.25) is 13.1 Å². The van der Waals surface area contributed by atoms with E-state index in [0.717, 1.165) is 13.1 Å². The zero-order valence-electron chi connectivity index (χ0n) is 11.7. The second-order valence-corrected chi connectivity index (χ2v) is 9.56. The zero-order chi connectivity index (χ0) is 17.7. The lowest BCUT2D eigenvalue weighted by molar-refractivity contribution is 0.459. The van der Waals surface area contributed by atoms with Crippen molar-refractivity contribution in [3.8, 4) is 0 Å². The molecule has 0 aromatic heterocycles. The second kappa shape index (κ2) is 5.62. The molecule has 0 N–H and O–H groups in total. The Bertz CT molecular complexity index is 682. The smallest absolute Gasteiger partial charge is 0.161 e. The Morgan fingerprint density at radius 2 is 0.739 bits per heavy atom. The molecule has 0 heterocycles. The summed E-state index contributed by atoms with van der Waals surface area (Å²) in [5, 5.41) is -2.50. The van der Waals surface area contributed by atoms with Crippen LogP contribution < -0.4 is 10.4 Å². The van der Waals surface area contributed by atoms with Crippen molar-refractivity contribution in [3.05, 3.63) is 58.7 Å². The molecule has 0 nitrogen and oxygen atoms in total. The molecule has 124 valence electrons. The van der Waals surface area contributed by atoms with Crippen LogP contribution in [-0.4, -0.2) is 8.07 Å². The van der Waals surface area contributed by atoms with Gasteiger partial charge in [0.1, 0.15) is 8.07 Å². The van der Waals surface area contributed by atoms with Crippen molar-refractivity contribution in [2.75, 3.05) is 0 Å². The Kier molecular flexibility index (Phi) is 4.27. The number of hydrogen-bond acceptors (Lipinski definition) is 0. The third-order valence-electron chi connectivity index (χ3n) is 3.47. The summed E-state index contributed by atoms with van der Waals surface area (Å²) in [5.41, 5.74) is 0. The van der Waals surface area contributed by atoms with Gasteiger partial charge in [0.15, 0.2) is 46.5 Å². The minimum Gasteiger partial charge on any atom is -0.204 e. The minimum absolute atomic E-state index is 0.0719. The Morgan fingerprint density at radius 1 is 0.522 bits per heavy atom. The SMILES string of the molecule is C[Si](C)(c1c(F)c(F)cc(F)c1F)c1c(F)c(F)cc(F)c1F. The lowest BCUT2D eigenvalue weighted by Crippen LogP contribution is -2.59. The van der Waals surface area contributed by atoms with Crippen LogP contribution in [-0.2, 0) is 0 Å². The molecule has 23 heavy (non-hydrogen) atoms. The Labute approximate surface area is 126 Å².